The summed E-state index contributed by atoms with van der Waals surface area (Å²) >= 11 is 3.58. The average molecular weight is 322 g/mol. The Labute approximate surface area is 120 Å². The molecule has 19 heavy (non-hydrogen) atoms. The SMILES string of the molecule is CNC(Cc1cc(Br)cc2c1OCC2)c1ncc[nH]1. The van der Waals surface area contributed by atoms with E-state index >= 15 is 0 Å². The minimum atomic E-state index is 0.164. The number of nitrogens with zero attached hydrogens (tertiary/aromatic N) is 1. The zero-order valence-corrected chi connectivity index (χ0v) is 12.3. The van der Waals surface area contributed by atoms with E-state index in [1.807, 2.05) is 13.2 Å². The summed E-state index contributed by atoms with van der Waals surface area (Å²) in [6.45, 7) is 0.782. The number of fused-ring (bicyclic) bond motifs is 1. The Kier molecular flexibility index (Phi) is 3.57. The Morgan fingerprint density at radius 3 is 3.16 bits per heavy atom. The zero-order valence-electron chi connectivity index (χ0n) is 10.7. The molecule has 4 nitrogen and oxygen atoms in total. The van der Waals surface area contributed by atoms with Crippen molar-refractivity contribution >= 4 is 15.9 Å². The van der Waals surface area contributed by atoms with Gasteiger partial charge in [-0.2, -0.15) is 0 Å². The highest BCUT2D eigenvalue weighted by atomic mass is 79.9. The predicted octanol–water partition coefficient (Wildman–Crippen LogP) is 2.61. The molecule has 0 fully saturated rings. The molecule has 2 aromatic rings. The lowest BCUT2D eigenvalue weighted by Gasteiger charge is -2.16. The summed E-state index contributed by atoms with van der Waals surface area (Å²) < 4.78 is 6.88. The summed E-state index contributed by atoms with van der Waals surface area (Å²) in [5.74, 6) is 2.00. The number of H-pyrrole nitrogens is 1. The van der Waals surface area contributed by atoms with Gasteiger partial charge in [-0.05, 0) is 36.7 Å². The second kappa shape index (κ2) is 5.35. The maximum atomic E-state index is 5.77. The minimum Gasteiger partial charge on any atom is -0.493 e. The maximum Gasteiger partial charge on any atom is 0.125 e. The van der Waals surface area contributed by atoms with Gasteiger partial charge in [0.1, 0.15) is 11.6 Å². The van der Waals surface area contributed by atoms with Crippen LogP contribution in [0.1, 0.15) is 23.0 Å². The lowest BCUT2D eigenvalue weighted by molar-refractivity contribution is 0.351. The zero-order chi connectivity index (χ0) is 13.2. The summed E-state index contributed by atoms with van der Waals surface area (Å²) in [5.41, 5.74) is 2.51. The first-order chi connectivity index (χ1) is 9.28. The number of aromatic nitrogens is 2. The number of benzene rings is 1. The van der Waals surface area contributed by atoms with Crippen LogP contribution in [-0.4, -0.2) is 23.6 Å². The van der Waals surface area contributed by atoms with Crippen LogP contribution in [0.15, 0.2) is 29.0 Å². The van der Waals surface area contributed by atoms with Crippen LogP contribution in [0.2, 0.25) is 0 Å². The van der Waals surface area contributed by atoms with Crippen molar-refractivity contribution in [2.75, 3.05) is 13.7 Å². The molecular formula is C14H16BrN3O. The van der Waals surface area contributed by atoms with Gasteiger partial charge >= 0.3 is 0 Å². The molecule has 0 bridgehead atoms. The third-order valence-electron chi connectivity index (χ3n) is 3.45. The van der Waals surface area contributed by atoms with Crippen molar-refractivity contribution in [1.82, 2.24) is 15.3 Å². The van der Waals surface area contributed by atoms with Crippen molar-refractivity contribution in [3.05, 3.63) is 46.0 Å². The van der Waals surface area contributed by atoms with E-state index in [1.54, 1.807) is 6.20 Å². The van der Waals surface area contributed by atoms with Gasteiger partial charge in [-0.15, -0.1) is 0 Å². The fraction of sp³-hybridized carbons (Fsp3) is 0.357. The van der Waals surface area contributed by atoms with Crippen molar-refractivity contribution in [2.45, 2.75) is 18.9 Å². The van der Waals surface area contributed by atoms with Crippen LogP contribution in [0.3, 0.4) is 0 Å². The summed E-state index contributed by atoms with van der Waals surface area (Å²) in [7, 11) is 1.95. The number of rotatable bonds is 4. The van der Waals surface area contributed by atoms with E-state index in [1.165, 1.54) is 11.1 Å². The van der Waals surface area contributed by atoms with Crippen molar-refractivity contribution in [3.63, 3.8) is 0 Å². The monoisotopic (exact) mass is 321 g/mol. The Hall–Kier alpha value is -1.33. The standard InChI is InChI=1S/C14H16BrN3O/c1-16-12(14-17-3-4-18-14)8-10-7-11(15)6-9-2-5-19-13(9)10/h3-4,6-7,12,16H,2,5,8H2,1H3,(H,17,18). The number of imidazole rings is 1. The molecule has 1 aromatic heterocycles. The minimum absolute atomic E-state index is 0.164. The van der Waals surface area contributed by atoms with E-state index in [-0.39, 0.29) is 6.04 Å². The van der Waals surface area contributed by atoms with Crippen molar-refractivity contribution in [3.8, 4) is 5.75 Å². The molecule has 0 saturated carbocycles. The van der Waals surface area contributed by atoms with E-state index < -0.39 is 0 Å². The molecule has 0 spiro atoms. The molecule has 0 saturated heterocycles. The summed E-state index contributed by atoms with van der Waals surface area (Å²) in [6.07, 6.45) is 5.47. The molecule has 1 aromatic carbocycles. The van der Waals surface area contributed by atoms with Crippen LogP contribution in [0.25, 0.3) is 0 Å². The van der Waals surface area contributed by atoms with Crippen molar-refractivity contribution in [2.24, 2.45) is 0 Å². The maximum absolute atomic E-state index is 5.77. The Morgan fingerprint density at radius 1 is 1.53 bits per heavy atom. The number of halogens is 1. The molecule has 1 unspecified atom stereocenters. The topological polar surface area (TPSA) is 49.9 Å². The second-order valence-electron chi connectivity index (χ2n) is 4.67. The molecule has 2 N–H and O–H groups in total. The van der Waals surface area contributed by atoms with E-state index in [9.17, 15) is 0 Å². The fourth-order valence-corrected chi connectivity index (χ4v) is 3.07. The predicted molar refractivity (Wildman–Crippen MR) is 77.4 cm³/mol. The van der Waals surface area contributed by atoms with E-state index in [0.29, 0.717) is 0 Å². The van der Waals surface area contributed by atoms with Crippen LogP contribution < -0.4 is 10.1 Å². The van der Waals surface area contributed by atoms with Gasteiger partial charge in [-0.3, -0.25) is 0 Å². The molecular weight excluding hydrogens is 306 g/mol. The first kappa shape index (κ1) is 12.7. The lowest BCUT2D eigenvalue weighted by atomic mass is 10.0. The summed E-state index contributed by atoms with van der Waals surface area (Å²) in [4.78, 5) is 7.49. The average Bonchev–Trinajstić information content (AvgIpc) is 3.05. The molecule has 5 heteroatoms. The van der Waals surface area contributed by atoms with Crippen LogP contribution in [0, 0.1) is 0 Å². The highest BCUT2D eigenvalue weighted by Gasteiger charge is 2.21. The third kappa shape index (κ3) is 2.53. The van der Waals surface area contributed by atoms with Gasteiger partial charge in [0.15, 0.2) is 0 Å². The number of likely N-dealkylation sites (N-methyl/N-ethyl adjacent to an activating group) is 1. The second-order valence-corrected chi connectivity index (χ2v) is 5.59. The van der Waals surface area contributed by atoms with Crippen LogP contribution in [0.4, 0.5) is 0 Å². The smallest absolute Gasteiger partial charge is 0.125 e. The van der Waals surface area contributed by atoms with Gasteiger partial charge in [0.2, 0.25) is 0 Å². The number of hydrogen-bond acceptors (Lipinski definition) is 3. The molecule has 0 aliphatic carbocycles. The van der Waals surface area contributed by atoms with Gasteiger partial charge in [0, 0.05) is 23.3 Å². The summed E-state index contributed by atoms with van der Waals surface area (Å²) in [6, 6.07) is 4.45. The summed E-state index contributed by atoms with van der Waals surface area (Å²) in [5, 5.41) is 3.30. The van der Waals surface area contributed by atoms with Gasteiger partial charge < -0.3 is 15.0 Å². The van der Waals surface area contributed by atoms with Crippen LogP contribution in [-0.2, 0) is 12.8 Å². The number of nitrogens with one attached hydrogen (secondary N) is 2. The van der Waals surface area contributed by atoms with Gasteiger partial charge in [0.05, 0.1) is 12.6 Å². The quantitative estimate of drug-likeness (QED) is 0.910. The normalized spacial score (nSPS) is 15.1. The van der Waals surface area contributed by atoms with Gasteiger partial charge in [-0.1, -0.05) is 15.9 Å². The number of aromatic amines is 1. The molecule has 100 valence electrons. The van der Waals surface area contributed by atoms with Gasteiger partial charge in [-0.25, -0.2) is 4.98 Å². The molecule has 2 heterocycles. The van der Waals surface area contributed by atoms with E-state index in [0.717, 1.165) is 35.5 Å². The molecule has 1 atom stereocenters. The Morgan fingerprint density at radius 2 is 2.42 bits per heavy atom. The molecule has 0 radical (unpaired) electrons. The van der Waals surface area contributed by atoms with Crippen LogP contribution in [0.5, 0.6) is 5.75 Å². The lowest BCUT2D eigenvalue weighted by Crippen LogP contribution is -2.20. The first-order valence-corrected chi connectivity index (χ1v) is 7.18. The number of ether oxygens (including phenoxy) is 1. The molecule has 3 rings (SSSR count). The highest BCUT2D eigenvalue weighted by Crippen LogP contribution is 2.34. The molecule has 1 aliphatic heterocycles. The third-order valence-corrected chi connectivity index (χ3v) is 3.91. The van der Waals surface area contributed by atoms with Crippen LogP contribution >= 0.6 is 15.9 Å². The molecule has 1 aliphatic rings. The largest absolute Gasteiger partial charge is 0.493 e. The van der Waals surface area contributed by atoms with E-state index in [2.05, 4.69) is 43.3 Å². The number of hydrogen-bond donors (Lipinski definition) is 2. The Balaban J connectivity index is 1.90. The van der Waals surface area contributed by atoms with E-state index in [4.69, 9.17) is 4.74 Å². The fourth-order valence-electron chi connectivity index (χ4n) is 2.52. The molecule has 0 amide bonds. The van der Waals surface area contributed by atoms with Crippen molar-refractivity contribution in [1.29, 1.82) is 0 Å². The van der Waals surface area contributed by atoms with Gasteiger partial charge in [0.25, 0.3) is 0 Å². The first-order valence-electron chi connectivity index (χ1n) is 6.38. The van der Waals surface area contributed by atoms with Crippen molar-refractivity contribution < 1.29 is 4.74 Å². The highest BCUT2D eigenvalue weighted by molar-refractivity contribution is 9.10. The Bertz CT molecular complexity index is 568.